The lowest BCUT2D eigenvalue weighted by atomic mass is 9.98. The third-order valence-electron chi connectivity index (χ3n) is 5.83. The second-order valence-corrected chi connectivity index (χ2v) is 9.74. The van der Waals surface area contributed by atoms with Crippen LogP contribution in [0.25, 0.3) is 11.0 Å². The molecular weight excluding hydrogens is 467 g/mol. The summed E-state index contributed by atoms with van der Waals surface area (Å²) in [5.41, 5.74) is 2.96. The minimum atomic E-state index is -0.719. The zero-order valence-corrected chi connectivity index (χ0v) is 19.9. The summed E-state index contributed by atoms with van der Waals surface area (Å²) in [5.74, 6) is -0.364. The largest absolute Gasteiger partial charge is 0.450 e. The molecule has 0 aliphatic carbocycles. The van der Waals surface area contributed by atoms with Crippen LogP contribution in [-0.4, -0.2) is 10.9 Å². The number of hydrogen-bond acceptors (Lipinski definition) is 5. The van der Waals surface area contributed by atoms with Gasteiger partial charge in [0, 0.05) is 4.88 Å². The molecule has 1 aliphatic rings. The van der Waals surface area contributed by atoms with Gasteiger partial charge in [0.05, 0.1) is 32.7 Å². The fraction of sp³-hybridized carbons (Fsp3) is 0.208. The minimum absolute atomic E-state index is 0.0355. The van der Waals surface area contributed by atoms with Gasteiger partial charge in [-0.3, -0.25) is 14.5 Å². The molecule has 0 saturated carbocycles. The van der Waals surface area contributed by atoms with Gasteiger partial charge in [0.25, 0.3) is 5.91 Å². The summed E-state index contributed by atoms with van der Waals surface area (Å²) in [6, 6.07) is 9.88. The Hall–Kier alpha value is -2.67. The topological polar surface area (TPSA) is 63.4 Å². The number of amides is 1. The second kappa shape index (κ2) is 7.73. The predicted molar refractivity (Wildman–Crippen MR) is 129 cm³/mol. The summed E-state index contributed by atoms with van der Waals surface area (Å²) in [7, 11) is 0. The van der Waals surface area contributed by atoms with Gasteiger partial charge in [-0.15, -0.1) is 11.3 Å². The summed E-state index contributed by atoms with van der Waals surface area (Å²) in [6.07, 6.45) is 0.783. The van der Waals surface area contributed by atoms with Gasteiger partial charge in [0.15, 0.2) is 10.6 Å². The molecule has 162 valence electrons. The van der Waals surface area contributed by atoms with Crippen LogP contribution >= 0.6 is 34.5 Å². The van der Waals surface area contributed by atoms with Crippen LogP contribution in [0.2, 0.25) is 10.0 Å². The highest BCUT2D eigenvalue weighted by atomic mass is 35.5. The Morgan fingerprint density at radius 1 is 1.09 bits per heavy atom. The van der Waals surface area contributed by atoms with Crippen LogP contribution in [-0.2, 0) is 6.42 Å². The summed E-state index contributed by atoms with van der Waals surface area (Å²) in [6.45, 7) is 5.86. The highest BCUT2D eigenvalue weighted by Crippen LogP contribution is 2.44. The minimum Gasteiger partial charge on any atom is -0.450 e. The number of aromatic nitrogens is 1. The Kier molecular flexibility index (Phi) is 5.12. The van der Waals surface area contributed by atoms with Gasteiger partial charge >= 0.3 is 0 Å². The van der Waals surface area contributed by atoms with Crippen LogP contribution in [0, 0.1) is 13.8 Å². The van der Waals surface area contributed by atoms with E-state index < -0.39 is 11.9 Å². The lowest BCUT2D eigenvalue weighted by Gasteiger charge is -2.22. The first kappa shape index (κ1) is 21.2. The van der Waals surface area contributed by atoms with Gasteiger partial charge in [-0.05, 0) is 55.7 Å². The molecule has 0 saturated heterocycles. The van der Waals surface area contributed by atoms with E-state index >= 15 is 0 Å². The number of rotatable bonds is 3. The number of carbonyl (C=O) groups excluding carboxylic acids is 1. The molecule has 1 atom stereocenters. The van der Waals surface area contributed by atoms with Gasteiger partial charge < -0.3 is 4.42 Å². The van der Waals surface area contributed by atoms with E-state index in [1.807, 2.05) is 32.9 Å². The number of halogens is 2. The predicted octanol–water partition coefficient (Wildman–Crippen LogP) is 6.49. The Bertz CT molecular complexity index is 1450. The van der Waals surface area contributed by atoms with Crippen molar-refractivity contribution in [3.63, 3.8) is 0 Å². The van der Waals surface area contributed by atoms with E-state index in [9.17, 15) is 9.59 Å². The van der Waals surface area contributed by atoms with Crippen LogP contribution in [0.4, 0.5) is 5.13 Å². The van der Waals surface area contributed by atoms with Crippen LogP contribution in [0.5, 0.6) is 0 Å². The van der Waals surface area contributed by atoms with Crippen molar-refractivity contribution in [3.05, 3.63) is 89.7 Å². The fourth-order valence-electron chi connectivity index (χ4n) is 3.99. The van der Waals surface area contributed by atoms with Crippen molar-refractivity contribution in [1.29, 1.82) is 0 Å². The third-order valence-corrected chi connectivity index (χ3v) is 7.64. The highest BCUT2D eigenvalue weighted by Gasteiger charge is 2.45. The molecule has 4 aromatic rings. The molecule has 5 rings (SSSR count). The zero-order valence-electron chi connectivity index (χ0n) is 17.5. The fourth-order valence-corrected chi connectivity index (χ4v) is 5.24. The number of aryl methyl sites for hydroxylation is 3. The van der Waals surface area contributed by atoms with Crippen molar-refractivity contribution >= 4 is 56.5 Å². The first-order valence-corrected chi connectivity index (χ1v) is 11.7. The molecule has 0 fully saturated rings. The van der Waals surface area contributed by atoms with E-state index in [-0.39, 0.29) is 11.2 Å². The molecule has 0 spiro atoms. The number of anilines is 1. The van der Waals surface area contributed by atoms with Gasteiger partial charge in [-0.25, -0.2) is 4.98 Å². The number of carbonyl (C=O) groups is 1. The van der Waals surface area contributed by atoms with E-state index in [0.29, 0.717) is 37.3 Å². The molecule has 0 N–H and O–H groups in total. The molecule has 3 heterocycles. The van der Waals surface area contributed by atoms with Crippen molar-refractivity contribution in [1.82, 2.24) is 4.98 Å². The lowest BCUT2D eigenvalue weighted by Crippen LogP contribution is -2.29. The molecule has 0 bridgehead atoms. The van der Waals surface area contributed by atoms with Crippen LogP contribution in [0.15, 0.2) is 45.6 Å². The molecular formula is C24H18Cl2N2O3S. The van der Waals surface area contributed by atoms with Gasteiger partial charge in [0.2, 0.25) is 5.76 Å². The molecule has 8 heteroatoms. The van der Waals surface area contributed by atoms with Gasteiger partial charge in [-0.1, -0.05) is 42.3 Å². The molecule has 2 aromatic carbocycles. The van der Waals surface area contributed by atoms with E-state index in [0.717, 1.165) is 22.6 Å². The molecule has 1 unspecified atom stereocenters. The van der Waals surface area contributed by atoms with Crippen LogP contribution in [0.3, 0.4) is 0 Å². The summed E-state index contributed by atoms with van der Waals surface area (Å²) in [4.78, 5) is 34.4. The number of thiazole rings is 1. The SMILES string of the molecule is CCc1ccc2oc3c(c(=O)c2c1)C(c1ccc(Cl)c(Cl)c1)N(c1nc(C)c(C)s1)C3=O. The van der Waals surface area contributed by atoms with Crippen molar-refractivity contribution in [2.75, 3.05) is 4.90 Å². The molecule has 1 amide bonds. The first-order chi connectivity index (χ1) is 15.3. The van der Waals surface area contributed by atoms with E-state index in [4.69, 9.17) is 27.6 Å². The normalized spacial score (nSPS) is 15.6. The maximum atomic E-state index is 13.7. The Balaban J connectivity index is 1.82. The monoisotopic (exact) mass is 484 g/mol. The second-order valence-electron chi connectivity index (χ2n) is 7.75. The quantitative estimate of drug-likeness (QED) is 0.333. The Labute approximate surface area is 198 Å². The maximum Gasteiger partial charge on any atom is 0.297 e. The van der Waals surface area contributed by atoms with Crippen molar-refractivity contribution in [3.8, 4) is 0 Å². The molecule has 2 aromatic heterocycles. The molecule has 0 radical (unpaired) electrons. The standard InChI is InChI=1S/C24H18Cl2N2O3S/c1-4-13-5-8-18-15(9-13)21(29)19-20(14-6-7-16(25)17(26)10-14)28(23(30)22(19)31-18)24-27-11(2)12(3)32-24/h5-10,20H,4H2,1-3H3. The van der Waals surface area contributed by atoms with Crippen molar-refractivity contribution in [2.45, 2.75) is 33.2 Å². The molecule has 1 aliphatic heterocycles. The zero-order chi connectivity index (χ0) is 22.7. The lowest BCUT2D eigenvalue weighted by molar-refractivity contribution is 0.0971. The average Bonchev–Trinajstić information content (AvgIpc) is 3.26. The first-order valence-electron chi connectivity index (χ1n) is 10.1. The number of fused-ring (bicyclic) bond motifs is 2. The van der Waals surface area contributed by atoms with E-state index in [1.165, 1.54) is 16.2 Å². The van der Waals surface area contributed by atoms with Crippen molar-refractivity contribution < 1.29 is 9.21 Å². The van der Waals surface area contributed by atoms with Crippen LogP contribution < -0.4 is 10.3 Å². The van der Waals surface area contributed by atoms with E-state index in [2.05, 4.69) is 4.98 Å². The van der Waals surface area contributed by atoms with E-state index in [1.54, 1.807) is 24.3 Å². The van der Waals surface area contributed by atoms with Gasteiger partial charge in [-0.2, -0.15) is 0 Å². The molecule has 5 nitrogen and oxygen atoms in total. The Morgan fingerprint density at radius 3 is 2.53 bits per heavy atom. The third kappa shape index (κ3) is 3.17. The number of nitrogens with zero attached hydrogens (tertiary/aromatic N) is 2. The maximum absolute atomic E-state index is 13.7. The highest BCUT2D eigenvalue weighted by molar-refractivity contribution is 7.15. The van der Waals surface area contributed by atoms with Crippen molar-refractivity contribution in [2.24, 2.45) is 0 Å². The summed E-state index contributed by atoms with van der Waals surface area (Å²) >= 11 is 13.8. The van der Waals surface area contributed by atoms with Crippen LogP contribution in [0.1, 0.15) is 50.8 Å². The Morgan fingerprint density at radius 2 is 1.88 bits per heavy atom. The average molecular weight is 485 g/mol. The number of hydrogen-bond donors (Lipinski definition) is 0. The molecule has 32 heavy (non-hydrogen) atoms. The smallest absolute Gasteiger partial charge is 0.297 e. The summed E-state index contributed by atoms with van der Waals surface area (Å²) < 4.78 is 6.02. The number of benzene rings is 2. The van der Waals surface area contributed by atoms with Gasteiger partial charge in [0.1, 0.15) is 5.58 Å². The summed E-state index contributed by atoms with van der Waals surface area (Å²) in [5, 5.41) is 1.69.